The molecule has 2 N–H and O–H groups in total. The maximum absolute atomic E-state index is 6.20. The number of anilines is 1. The maximum atomic E-state index is 6.20. The number of fused-ring (bicyclic) bond motifs is 1. The fourth-order valence-corrected chi connectivity index (χ4v) is 3.41. The number of hydrogen-bond donors (Lipinski definition) is 1. The third-order valence-electron chi connectivity index (χ3n) is 2.85. The second-order valence-corrected chi connectivity index (χ2v) is 6.41. The van der Waals surface area contributed by atoms with Crippen LogP contribution in [0.25, 0.3) is 21.6 Å². The number of thiazole rings is 1. The minimum Gasteiger partial charge on any atom is -0.383 e. The fourth-order valence-electron chi connectivity index (χ4n) is 2.02. The average molecular weight is 325 g/mol. The quantitative estimate of drug-likeness (QED) is 0.726. The largest absolute Gasteiger partial charge is 0.383 e. The van der Waals surface area contributed by atoms with E-state index in [4.69, 9.17) is 28.9 Å². The molecule has 20 heavy (non-hydrogen) atoms. The number of nitrogen functional groups attached to an aromatic ring is 1. The summed E-state index contributed by atoms with van der Waals surface area (Å²) in [5.74, 6) is 0.905. The van der Waals surface area contributed by atoms with Crippen molar-refractivity contribution in [2.45, 2.75) is 13.8 Å². The molecule has 0 saturated heterocycles. The molecule has 0 unspecified atom stereocenters. The van der Waals surface area contributed by atoms with E-state index >= 15 is 0 Å². The molecule has 0 radical (unpaired) electrons. The van der Waals surface area contributed by atoms with Gasteiger partial charge in [0.2, 0.25) is 0 Å². The highest BCUT2D eigenvalue weighted by atomic mass is 35.5. The van der Waals surface area contributed by atoms with E-state index in [2.05, 4.69) is 15.0 Å². The van der Waals surface area contributed by atoms with Crippen LogP contribution in [0.1, 0.15) is 10.7 Å². The van der Waals surface area contributed by atoms with Crippen molar-refractivity contribution in [1.82, 2.24) is 15.0 Å². The van der Waals surface area contributed by atoms with E-state index < -0.39 is 0 Å². The number of nitrogens with two attached hydrogens (primary N) is 1. The van der Waals surface area contributed by atoms with Crippen LogP contribution >= 0.6 is 34.5 Å². The number of aromatic nitrogens is 3. The predicted octanol–water partition coefficient (Wildman–Crippen LogP) is 4.26. The molecule has 2 aromatic heterocycles. The van der Waals surface area contributed by atoms with Gasteiger partial charge in [-0.05, 0) is 26.0 Å². The van der Waals surface area contributed by atoms with Gasteiger partial charge >= 0.3 is 0 Å². The monoisotopic (exact) mass is 324 g/mol. The second-order valence-electron chi connectivity index (χ2n) is 4.36. The lowest BCUT2D eigenvalue weighted by atomic mass is 10.2. The van der Waals surface area contributed by atoms with Crippen LogP contribution in [0.4, 0.5) is 5.82 Å². The average Bonchev–Trinajstić information content (AvgIpc) is 2.69. The number of benzene rings is 1. The first-order valence-electron chi connectivity index (χ1n) is 5.82. The first-order chi connectivity index (χ1) is 9.45. The third kappa shape index (κ3) is 2.22. The van der Waals surface area contributed by atoms with Gasteiger partial charge < -0.3 is 5.73 Å². The van der Waals surface area contributed by atoms with Crippen molar-refractivity contribution in [3.63, 3.8) is 0 Å². The summed E-state index contributed by atoms with van der Waals surface area (Å²) in [5, 5.41) is 2.59. The normalized spacial score (nSPS) is 11.2. The molecule has 0 aliphatic heterocycles. The highest BCUT2D eigenvalue weighted by molar-refractivity contribution is 7.15. The summed E-state index contributed by atoms with van der Waals surface area (Å²) in [5.41, 5.74) is 7.49. The van der Waals surface area contributed by atoms with Crippen molar-refractivity contribution < 1.29 is 0 Å². The van der Waals surface area contributed by atoms with E-state index in [0.29, 0.717) is 32.6 Å². The lowest BCUT2D eigenvalue weighted by Gasteiger charge is -2.06. The van der Waals surface area contributed by atoms with Gasteiger partial charge in [-0.3, -0.25) is 0 Å². The Labute approximate surface area is 129 Å². The van der Waals surface area contributed by atoms with Crippen LogP contribution in [-0.2, 0) is 0 Å². The van der Waals surface area contributed by atoms with Crippen LogP contribution in [0.5, 0.6) is 0 Å². The van der Waals surface area contributed by atoms with E-state index in [1.54, 1.807) is 12.1 Å². The molecule has 102 valence electrons. The van der Waals surface area contributed by atoms with Crippen molar-refractivity contribution in [2.24, 2.45) is 0 Å². The van der Waals surface area contributed by atoms with Crippen LogP contribution in [0, 0.1) is 13.8 Å². The van der Waals surface area contributed by atoms with Crippen LogP contribution in [0.3, 0.4) is 0 Å². The highest BCUT2D eigenvalue weighted by Crippen LogP contribution is 2.33. The molecule has 0 amide bonds. The number of aryl methyl sites for hydroxylation is 2. The van der Waals surface area contributed by atoms with Gasteiger partial charge in [-0.15, -0.1) is 11.3 Å². The Morgan fingerprint density at radius 2 is 1.85 bits per heavy atom. The molecule has 3 rings (SSSR count). The van der Waals surface area contributed by atoms with Gasteiger partial charge in [0.05, 0.1) is 26.1 Å². The molecule has 0 spiro atoms. The summed E-state index contributed by atoms with van der Waals surface area (Å²) in [6.07, 6.45) is 0. The van der Waals surface area contributed by atoms with Crippen LogP contribution in [0.15, 0.2) is 12.1 Å². The van der Waals surface area contributed by atoms with Crippen LogP contribution in [-0.4, -0.2) is 15.0 Å². The number of nitrogens with zero attached hydrogens (tertiary/aromatic N) is 3. The Morgan fingerprint density at radius 1 is 1.10 bits per heavy atom. The zero-order valence-corrected chi connectivity index (χ0v) is 13.1. The number of hydrogen-bond acceptors (Lipinski definition) is 5. The summed E-state index contributed by atoms with van der Waals surface area (Å²) in [4.78, 5) is 14.1. The minimum absolute atomic E-state index is 0.361. The summed E-state index contributed by atoms with van der Waals surface area (Å²) in [7, 11) is 0. The van der Waals surface area contributed by atoms with Gasteiger partial charge in [-0.25, -0.2) is 15.0 Å². The first-order valence-corrected chi connectivity index (χ1v) is 7.39. The molecule has 0 fully saturated rings. The second kappa shape index (κ2) is 4.84. The Morgan fingerprint density at radius 3 is 2.50 bits per heavy atom. The highest BCUT2D eigenvalue weighted by Gasteiger charge is 2.15. The van der Waals surface area contributed by atoms with Gasteiger partial charge in [-0.1, -0.05) is 23.2 Å². The van der Waals surface area contributed by atoms with E-state index in [-0.39, 0.29) is 0 Å². The molecule has 0 atom stereocenters. The Bertz CT molecular complexity index is 829. The van der Waals surface area contributed by atoms with Crippen LogP contribution in [0.2, 0.25) is 10.0 Å². The SMILES string of the molecule is Cc1nc(C)c(-c2nc(N)c3cc(Cl)cc(Cl)c3n2)s1. The molecule has 0 saturated carbocycles. The summed E-state index contributed by atoms with van der Waals surface area (Å²) >= 11 is 13.7. The van der Waals surface area contributed by atoms with Gasteiger partial charge in [0, 0.05) is 10.4 Å². The fraction of sp³-hybridized carbons (Fsp3) is 0.154. The van der Waals surface area contributed by atoms with Crippen LogP contribution < -0.4 is 5.73 Å². The summed E-state index contributed by atoms with van der Waals surface area (Å²) in [6.45, 7) is 3.87. The van der Waals surface area contributed by atoms with Gasteiger partial charge in [0.25, 0.3) is 0 Å². The Hall–Kier alpha value is -1.43. The van der Waals surface area contributed by atoms with Gasteiger partial charge in [0.15, 0.2) is 5.82 Å². The molecule has 7 heteroatoms. The van der Waals surface area contributed by atoms with E-state index in [0.717, 1.165) is 15.6 Å². The van der Waals surface area contributed by atoms with E-state index in [1.165, 1.54) is 11.3 Å². The maximum Gasteiger partial charge on any atom is 0.174 e. The Balaban J connectivity index is 2.32. The zero-order valence-electron chi connectivity index (χ0n) is 10.7. The van der Waals surface area contributed by atoms with Crippen molar-refractivity contribution in [3.8, 4) is 10.7 Å². The molecular weight excluding hydrogens is 315 g/mol. The van der Waals surface area contributed by atoms with Crippen molar-refractivity contribution >= 4 is 51.3 Å². The standard InChI is InChI=1S/C13H10Cl2N4S/c1-5-11(20-6(2)17-5)13-18-10-8(12(16)19-13)3-7(14)4-9(10)15/h3-4H,1-2H3,(H2,16,18,19). The number of halogens is 2. The third-order valence-corrected chi connectivity index (χ3v) is 4.43. The number of rotatable bonds is 1. The molecule has 0 bridgehead atoms. The minimum atomic E-state index is 0.361. The zero-order chi connectivity index (χ0) is 14.4. The lowest BCUT2D eigenvalue weighted by molar-refractivity contribution is 1.18. The molecule has 2 heterocycles. The molecule has 4 nitrogen and oxygen atoms in total. The van der Waals surface area contributed by atoms with Crippen molar-refractivity contribution in [2.75, 3.05) is 5.73 Å². The van der Waals surface area contributed by atoms with Gasteiger partial charge in [0.1, 0.15) is 5.82 Å². The van der Waals surface area contributed by atoms with Crippen molar-refractivity contribution in [1.29, 1.82) is 0 Å². The first kappa shape index (κ1) is 13.5. The molecule has 0 aliphatic rings. The smallest absolute Gasteiger partial charge is 0.174 e. The molecule has 1 aromatic carbocycles. The predicted molar refractivity (Wildman–Crippen MR) is 84.6 cm³/mol. The van der Waals surface area contributed by atoms with E-state index in [9.17, 15) is 0 Å². The summed E-state index contributed by atoms with van der Waals surface area (Å²) < 4.78 is 0. The molecule has 3 aromatic rings. The van der Waals surface area contributed by atoms with Gasteiger partial charge in [-0.2, -0.15) is 0 Å². The topological polar surface area (TPSA) is 64.7 Å². The van der Waals surface area contributed by atoms with E-state index in [1.807, 2.05) is 13.8 Å². The lowest BCUT2D eigenvalue weighted by Crippen LogP contribution is -1.98. The Kier molecular flexibility index (Phi) is 3.28. The van der Waals surface area contributed by atoms with Crippen molar-refractivity contribution in [3.05, 3.63) is 32.9 Å². The summed E-state index contributed by atoms with van der Waals surface area (Å²) in [6, 6.07) is 3.36. The molecule has 0 aliphatic carbocycles. The molecular formula is C13H10Cl2N4S.